The lowest BCUT2D eigenvalue weighted by Gasteiger charge is -2.21. The topological polar surface area (TPSA) is 155 Å². The van der Waals surface area contributed by atoms with E-state index >= 15 is 0 Å². The minimum Gasteiger partial charge on any atom is -0.462 e. The van der Waals surface area contributed by atoms with E-state index in [9.17, 15) is 28.9 Å². The van der Waals surface area contributed by atoms with Crippen molar-refractivity contribution in [3.8, 4) is 0 Å². The summed E-state index contributed by atoms with van der Waals surface area (Å²) >= 11 is 0. The summed E-state index contributed by atoms with van der Waals surface area (Å²) < 4.78 is 39.3. The summed E-state index contributed by atoms with van der Waals surface area (Å²) in [5, 5.41) is 9.75. The molecule has 0 aromatic rings. The second-order valence-electron chi connectivity index (χ2n) is 18.0. The molecule has 0 aliphatic rings. The third-order valence-electron chi connectivity index (χ3n) is 11.5. The Hall–Kier alpha value is -2.30. The molecule has 0 heterocycles. The molecule has 0 aromatic heterocycles. The third kappa shape index (κ3) is 46.8. The molecule has 12 heteroatoms. The molecule has 0 saturated heterocycles. The second-order valence-corrected chi connectivity index (χ2v) is 19.5. The number of unbranched alkanes of at least 4 members (excludes halogenated alkanes) is 27. The molecule has 0 aromatic carbocycles. The first-order valence-corrected chi connectivity index (χ1v) is 28.4. The zero-order chi connectivity index (χ0) is 48.4. The second kappa shape index (κ2) is 49.1. The SMILES string of the molecule is CCCCC/C=C\C/C=C\CCCCCCCCCC(=O)OC(COC(=O)CCCCCCC/C=C\CCCCCC)COP(=O)(O)OCC(CO)OC(=O)CCCCCCCCCCC. The number of aliphatic hydroxyl groups is 1. The van der Waals surface area contributed by atoms with Crippen LogP contribution in [0.1, 0.15) is 252 Å². The number of hydrogen-bond donors (Lipinski definition) is 2. The molecule has 386 valence electrons. The van der Waals surface area contributed by atoms with Gasteiger partial charge in [-0.25, -0.2) is 4.57 Å². The van der Waals surface area contributed by atoms with Crippen molar-refractivity contribution in [2.45, 2.75) is 264 Å². The molecular weight excluding hydrogens is 856 g/mol. The van der Waals surface area contributed by atoms with Crippen LogP contribution in [-0.4, -0.2) is 66.5 Å². The molecule has 0 bridgehead atoms. The van der Waals surface area contributed by atoms with E-state index in [4.69, 9.17) is 23.3 Å². The van der Waals surface area contributed by atoms with Gasteiger partial charge in [0.25, 0.3) is 0 Å². The van der Waals surface area contributed by atoms with Crippen molar-refractivity contribution < 1.29 is 52.2 Å². The highest BCUT2D eigenvalue weighted by molar-refractivity contribution is 7.47. The van der Waals surface area contributed by atoms with Gasteiger partial charge in [-0.3, -0.25) is 23.4 Å². The molecule has 11 nitrogen and oxygen atoms in total. The fraction of sp³-hybridized carbons (Fsp3) is 0.833. The molecule has 0 radical (unpaired) electrons. The van der Waals surface area contributed by atoms with Crippen LogP contribution in [0.4, 0.5) is 0 Å². The normalized spacial score (nSPS) is 13.7. The Morgan fingerprint density at radius 2 is 0.742 bits per heavy atom. The molecule has 3 atom stereocenters. The van der Waals surface area contributed by atoms with Crippen LogP contribution in [0.15, 0.2) is 36.5 Å². The largest absolute Gasteiger partial charge is 0.472 e. The van der Waals surface area contributed by atoms with Gasteiger partial charge in [-0.05, 0) is 77.0 Å². The monoisotopic (exact) mass is 955 g/mol. The van der Waals surface area contributed by atoms with E-state index in [0.717, 1.165) is 96.3 Å². The number of rotatable bonds is 50. The van der Waals surface area contributed by atoms with Crippen molar-refractivity contribution in [1.29, 1.82) is 0 Å². The number of aliphatic hydroxyl groups excluding tert-OH is 1. The maximum atomic E-state index is 12.9. The fourth-order valence-electron chi connectivity index (χ4n) is 7.38. The van der Waals surface area contributed by atoms with E-state index in [1.54, 1.807) is 0 Å². The zero-order valence-electron chi connectivity index (χ0n) is 42.4. The van der Waals surface area contributed by atoms with E-state index in [0.29, 0.717) is 19.3 Å². The Morgan fingerprint density at radius 3 is 1.18 bits per heavy atom. The summed E-state index contributed by atoms with van der Waals surface area (Å²) in [5.74, 6) is -1.47. The first kappa shape index (κ1) is 63.7. The van der Waals surface area contributed by atoms with Crippen LogP contribution in [0, 0.1) is 0 Å². The van der Waals surface area contributed by atoms with Gasteiger partial charge in [0.2, 0.25) is 0 Å². The Kier molecular flexibility index (Phi) is 47.4. The third-order valence-corrected chi connectivity index (χ3v) is 12.5. The molecule has 2 N–H and O–H groups in total. The quantitative estimate of drug-likeness (QED) is 0.0197. The van der Waals surface area contributed by atoms with Crippen molar-refractivity contribution >= 4 is 25.7 Å². The Balaban J connectivity index is 4.74. The first-order valence-electron chi connectivity index (χ1n) is 26.9. The Morgan fingerprint density at radius 1 is 0.424 bits per heavy atom. The summed E-state index contributed by atoms with van der Waals surface area (Å²) in [5.41, 5.74) is 0. The van der Waals surface area contributed by atoms with E-state index in [2.05, 4.69) is 57.2 Å². The minimum absolute atomic E-state index is 0.160. The van der Waals surface area contributed by atoms with Gasteiger partial charge in [0.15, 0.2) is 6.10 Å². The lowest BCUT2D eigenvalue weighted by Crippen LogP contribution is -2.30. The van der Waals surface area contributed by atoms with Crippen LogP contribution in [0.2, 0.25) is 0 Å². The molecule has 0 spiro atoms. The number of hydrogen-bond acceptors (Lipinski definition) is 10. The van der Waals surface area contributed by atoms with Crippen LogP contribution in [0.5, 0.6) is 0 Å². The number of allylic oxidation sites excluding steroid dienone is 6. The summed E-state index contributed by atoms with van der Waals surface area (Å²) in [6.45, 7) is 4.57. The number of ether oxygens (including phenoxy) is 3. The van der Waals surface area contributed by atoms with Gasteiger partial charge >= 0.3 is 25.7 Å². The molecule has 0 aliphatic heterocycles. The molecule has 66 heavy (non-hydrogen) atoms. The Bertz CT molecular complexity index is 1250. The van der Waals surface area contributed by atoms with Crippen LogP contribution >= 0.6 is 7.82 Å². The van der Waals surface area contributed by atoms with E-state index in [-0.39, 0.29) is 25.9 Å². The summed E-state index contributed by atoms with van der Waals surface area (Å²) in [6, 6.07) is 0. The van der Waals surface area contributed by atoms with Crippen molar-refractivity contribution in [2.24, 2.45) is 0 Å². The van der Waals surface area contributed by atoms with Gasteiger partial charge in [0, 0.05) is 19.3 Å². The highest BCUT2D eigenvalue weighted by atomic mass is 31.2. The average Bonchev–Trinajstić information content (AvgIpc) is 3.30. The fourth-order valence-corrected chi connectivity index (χ4v) is 8.16. The number of carbonyl (C=O) groups excluding carboxylic acids is 3. The van der Waals surface area contributed by atoms with Crippen LogP contribution in [-0.2, 0) is 42.2 Å². The standard InChI is InChI=1S/C54H99O11P/c1-4-7-10-13-16-19-21-23-24-25-26-28-30-33-36-39-42-45-54(58)65-51(47-61-52(56)43-40-37-34-32-29-27-22-20-17-14-11-8-5-2)49-63-66(59,60)62-48-50(46-55)64-53(57)44-41-38-35-31-18-15-12-9-6-3/h16,19-20,22-24,50-51,55H,4-15,17-18,21,25-49H2,1-3H3,(H,59,60)/b19-16-,22-20-,24-23-. The minimum atomic E-state index is -4.74. The summed E-state index contributed by atoms with van der Waals surface area (Å²) in [6.07, 6.45) is 48.3. The van der Waals surface area contributed by atoms with Gasteiger partial charge in [-0.15, -0.1) is 0 Å². The maximum Gasteiger partial charge on any atom is 0.472 e. The Labute approximate surface area is 403 Å². The smallest absolute Gasteiger partial charge is 0.462 e. The number of esters is 3. The van der Waals surface area contributed by atoms with Crippen LogP contribution in [0.3, 0.4) is 0 Å². The predicted molar refractivity (Wildman–Crippen MR) is 270 cm³/mol. The highest BCUT2D eigenvalue weighted by Gasteiger charge is 2.28. The van der Waals surface area contributed by atoms with Gasteiger partial charge in [-0.1, -0.05) is 192 Å². The van der Waals surface area contributed by atoms with Gasteiger partial charge < -0.3 is 24.2 Å². The van der Waals surface area contributed by atoms with Crippen molar-refractivity contribution in [3.63, 3.8) is 0 Å². The van der Waals surface area contributed by atoms with Gasteiger partial charge in [-0.2, -0.15) is 0 Å². The molecule has 0 fully saturated rings. The van der Waals surface area contributed by atoms with Crippen molar-refractivity contribution in [2.75, 3.05) is 26.4 Å². The van der Waals surface area contributed by atoms with Gasteiger partial charge in [0.05, 0.1) is 19.8 Å². The predicted octanol–water partition coefficient (Wildman–Crippen LogP) is 15.3. The molecule has 0 amide bonds. The van der Waals surface area contributed by atoms with Crippen molar-refractivity contribution in [3.05, 3.63) is 36.5 Å². The van der Waals surface area contributed by atoms with Gasteiger partial charge in [0.1, 0.15) is 12.7 Å². The van der Waals surface area contributed by atoms with E-state index in [1.165, 1.54) is 96.3 Å². The highest BCUT2D eigenvalue weighted by Crippen LogP contribution is 2.43. The number of phosphoric acid groups is 1. The van der Waals surface area contributed by atoms with E-state index < -0.39 is 57.8 Å². The molecule has 0 aliphatic carbocycles. The first-order chi connectivity index (χ1) is 32.2. The lowest BCUT2D eigenvalue weighted by atomic mass is 10.1. The molecule has 0 saturated carbocycles. The van der Waals surface area contributed by atoms with Crippen LogP contribution in [0.25, 0.3) is 0 Å². The molecule has 0 rings (SSSR count). The number of phosphoric ester groups is 1. The average molecular weight is 955 g/mol. The molecule has 3 unspecified atom stereocenters. The molecular formula is C54H99O11P. The van der Waals surface area contributed by atoms with E-state index in [1.807, 2.05) is 0 Å². The lowest BCUT2D eigenvalue weighted by molar-refractivity contribution is -0.161. The summed E-state index contributed by atoms with van der Waals surface area (Å²) in [7, 11) is -4.74. The number of carbonyl (C=O) groups is 3. The van der Waals surface area contributed by atoms with Crippen LogP contribution < -0.4 is 0 Å². The van der Waals surface area contributed by atoms with Crippen molar-refractivity contribution in [1.82, 2.24) is 0 Å². The zero-order valence-corrected chi connectivity index (χ0v) is 43.3. The summed E-state index contributed by atoms with van der Waals surface area (Å²) in [4.78, 5) is 48.3. The maximum absolute atomic E-state index is 12.9.